The van der Waals surface area contributed by atoms with E-state index in [9.17, 15) is 9.18 Å². The van der Waals surface area contributed by atoms with Crippen LogP contribution in [0.3, 0.4) is 0 Å². The zero-order chi connectivity index (χ0) is 17.6. The number of amides is 1. The van der Waals surface area contributed by atoms with E-state index in [0.717, 1.165) is 5.69 Å². The van der Waals surface area contributed by atoms with Crippen molar-refractivity contribution in [2.45, 2.75) is 5.16 Å². The van der Waals surface area contributed by atoms with Gasteiger partial charge in [-0.2, -0.15) is 4.68 Å². The molecule has 9 heteroatoms. The standard InChI is InChI=1S/C16H14FN5O2S/c1-24-14-7-3-6-13(9-14)22-16(19-20-21-22)25-10-15(23)18-12-5-2-4-11(17)8-12/h2-9H,10H2,1H3,(H,18,23). The van der Waals surface area contributed by atoms with E-state index >= 15 is 0 Å². The summed E-state index contributed by atoms with van der Waals surface area (Å²) in [4.78, 5) is 12.0. The first-order valence-electron chi connectivity index (χ1n) is 7.27. The lowest BCUT2D eigenvalue weighted by Crippen LogP contribution is -2.14. The second-order valence-corrected chi connectivity index (χ2v) is 5.86. The summed E-state index contributed by atoms with van der Waals surface area (Å²) >= 11 is 1.17. The Labute approximate surface area is 147 Å². The Morgan fingerprint density at radius 1 is 1.28 bits per heavy atom. The molecular formula is C16H14FN5O2S. The molecule has 7 nitrogen and oxygen atoms in total. The third kappa shape index (κ3) is 4.32. The molecule has 0 aliphatic rings. The number of benzene rings is 2. The first kappa shape index (κ1) is 16.9. The molecule has 1 aromatic heterocycles. The summed E-state index contributed by atoms with van der Waals surface area (Å²) < 4.78 is 19.8. The number of tetrazole rings is 1. The first-order chi connectivity index (χ1) is 12.2. The fraction of sp³-hybridized carbons (Fsp3) is 0.125. The Balaban J connectivity index is 1.66. The lowest BCUT2D eigenvalue weighted by molar-refractivity contribution is -0.113. The molecule has 1 heterocycles. The summed E-state index contributed by atoms with van der Waals surface area (Å²) in [6.07, 6.45) is 0. The number of ether oxygens (including phenoxy) is 1. The monoisotopic (exact) mass is 359 g/mol. The van der Waals surface area contributed by atoms with Gasteiger partial charge in [-0.3, -0.25) is 4.79 Å². The number of rotatable bonds is 6. The van der Waals surface area contributed by atoms with Crippen molar-refractivity contribution in [3.8, 4) is 11.4 Å². The fourth-order valence-electron chi connectivity index (χ4n) is 2.07. The number of aromatic nitrogens is 4. The number of nitrogens with one attached hydrogen (secondary N) is 1. The number of carbonyl (C=O) groups is 1. The minimum atomic E-state index is -0.410. The molecule has 25 heavy (non-hydrogen) atoms. The van der Waals surface area contributed by atoms with Crippen LogP contribution in [-0.4, -0.2) is 39.0 Å². The Morgan fingerprint density at radius 2 is 2.12 bits per heavy atom. The number of halogens is 1. The molecule has 0 radical (unpaired) electrons. The highest BCUT2D eigenvalue weighted by Gasteiger charge is 2.12. The van der Waals surface area contributed by atoms with Gasteiger partial charge in [-0.1, -0.05) is 23.9 Å². The van der Waals surface area contributed by atoms with Crippen LogP contribution in [0.2, 0.25) is 0 Å². The van der Waals surface area contributed by atoms with Crippen molar-refractivity contribution in [2.75, 3.05) is 18.2 Å². The van der Waals surface area contributed by atoms with Crippen molar-refractivity contribution in [1.82, 2.24) is 20.2 Å². The van der Waals surface area contributed by atoms with Crippen LogP contribution in [0.4, 0.5) is 10.1 Å². The second kappa shape index (κ2) is 7.75. The molecule has 0 aliphatic carbocycles. The van der Waals surface area contributed by atoms with Gasteiger partial charge in [-0.15, -0.1) is 5.10 Å². The maximum atomic E-state index is 13.1. The highest BCUT2D eigenvalue weighted by Crippen LogP contribution is 2.21. The molecule has 0 saturated carbocycles. The van der Waals surface area contributed by atoms with Crippen molar-refractivity contribution >= 4 is 23.4 Å². The van der Waals surface area contributed by atoms with Crippen LogP contribution < -0.4 is 10.1 Å². The lowest BCUT2D eigenvalue weighted by atomic mass is 10.3. The zero-order valence-corrected chi connectivity index (χ0v) is 14.0. The number of methoxy groups -OCH3 is 1. The predicted molar refractivity (Wildman–Crippen MR) is 91.5 cm³/mol. The average molecular weight is 359 g/mol. The van der Waals surface area contributed by atoms with E-state index in [4.69, 9.17) is 4.74 Å². The summed E-state index contributed by atoms with van der Waals surface area (Å²) in [5.41, 5.74) is 1.12. The van der Waals surface area contributed by atoms with Gasteiger partial charge >= 0.3 is 0 Å². The molecule has 0 atom stereocenters. The summed E-state index contributed by atoms with van der Waals surface area (Å²) in [6.45, 7) is 0. The molecule has 3 rings (SSSR count). The molecule has 0 saturated heterocycles. The van der Waals surface area contributed by atoms with Crippen molar-refractivity contribution in [3.63, 3.8) is 0 Å². The number of thioether (sulfide) groups is 1. The average Bonchev–Trinajstić information content (AvgIpc) is 3.08. The van der Waals surface area contributed by atoms with Gasteiger partial charge in [0.25, 0.3) is 0 Å². The van der Waals surface area contributed by atoms with Crippen molar-refractivity contribution < 1.29 is 13.9 Å². The molecule has 1 N–H and O–H groups in total. The highest BCUT2D eigenvalue weighted by atomic mass is 32.2. The number of hydrogen-bond acceptors (Lipinski definition) is 6. The highest BCUT2D eigenvalue weighted by molar-refractivity contribution is 7.99. The number of carbonyl (C=O) groups excluding carboxylic acids is 1. The minimum absolute atomic E-state index is 0.0842. The molecular weight excluding hydrogens is 345 g/mol. The second-order valence-electron chi connectivity index (χ2n) is 4.92. The van der Waals surface area contributed by atoms with Gasteiger partial charge in [0, 0.05) is 11.8 Å². The Morgan fingerprint density at radius 3 is 2.92 bits per heavy atom. The normalized spacial score (nSPS) is 10.5. The van der Waals surface area contributed by atoms with Gasteiger partial charge in [-0.05, 0) is 40.8 Å². The molecule has 0 bridgehead atoms. The van der Waals surface area contributed by atoms with Crippen LogP contribution in [0.5, 0.6) is 5.75 Å². The van der Waals surface area contributed by atoms with Gasteiger partial charge in [0.05, 0.1) is 18.6 Å². The van der Waals surface area contributed by atoms with E-state index in [1.165, 1.54) is 34.6 Å². The molecule has 0 spiro atoms. The minimum Gasteiger partial charge on any atom is -0.497 e. The molecule has 0 aliphatic heterocycles. The van der Waals surface area contributed by atoms with E-state index in [1.807, 2.05) is 18.2 Å². The van der Waals surface area contributed by atoms with Crippen LogP contribution in [0.1, 0.15) is 0 Å². The SMILES string of the molecule is COc1cccc(-n2nnnc2SCC(=O)Nc2cccc(F)c2)c1. The van der Waals surface area contributed by atoms with Gasteiger partial charge in [0.2, 0.25) is 11.1 Å². The summed E-state index contributed by atoms with van der Waals surface area (Å²) in [6, 6.07) is 13.0. The Kier molecular flexibility index (Phi) is 5.24. The molecule has 3 aromatic rings. The van der Waals surface area contributed by atoms with Crippen molar-refractivity contribution in [2.24, 2.45) is 0 Å². The van der Waals surface area contributed by atoms with E-state index in [-0.39, 0.29) is 11.7 Å². The van der Waals surface area contributed by atoms with Crippen LogP contribution in [0.15, 0.2) is 53.7 Å². The maximum Gasteiger partial charge on any atom is 0.234 e. The van der Waals surface area contributed by atoms with Gasteiger partial charge < -0.3 is 10.1 Å². The van der Waals surface area contributed by atoms with Gasteiger partial charge in [0.1, 0.15) is 11.6 Å². The predicted octanol–water partition coefficient (Wildman–Crippen LogP) is 2.54. The largest absolute Gasteiger partial charge is 0.497 e. The van der Waals surface area contributed by atoms with Crippen molar-refractivity contribution in [1.29, 1.82) is 0 Å². The van der Waals surface area contributed by atoms with Gasteiger partial charge in [-0.25, -0.2) is 4.39 Å². The smallest absolute Gasteiger partial charge is 0.234 e. The molecule has 2 aromatic carbocycles. The summed E-state index contributed by atoms with van der Waals surface area (Å²) in [5, 5.41) is 14.6. The maximum absolute atomic E-state index is 13.1. The Hall–Kier alpha value is -2.94. The number of hydrogen-bond donors (Lipinski definition) is 1. The fourth-order valence-corrected chi connectivity index (χ4v) is 2.76. The van der Waals surface area contributed by atoms with E-state index in [2.05, 4.69) is 20.8 Å². The van der Waals surface area contributed by atoms with E-state index in [0.29, 0.717) is 16.6 Å². The van der Waals surface area contributed by atoms with Crippen LogP contribution in [0, 0.1) is 5.82 Å². The molecule has 0 unspecified atom stereocenters. The Bertz CT molecular complexity index is 886. The van der Waals surface area contributed by atoms with Crippen LogP contribution >= 0.6 is 11.8 Å². The molecule has 1 amide bonds. The topological polar surface area (TPSA) is 81.9 Å². The van der Waals surface area contributed by atoms with Crippen LogP contribution in [0.25, 0.3) is 5.69 Å². The summed E-state index contributed by atoms with van der Waals surface area (Å²) in [7, 11) is 1.57. The third-order valence-corrected chi connectivity index (χ3v) is 4.10. The number of nitrogens with zero attached hydrogens (tertiary/aromatic N) is 4. The first-order valence-corrected chi connectivity index (χ1v) is 8.25. The third-order valence-electron chi connectivity index (χ3n) is 3.18. The van der Waals surface area contributed by atoms with Crippen molar-refractivity contribution in [3.05, 3.63) is 54.3 Å². The van der Waals surface area contributed by atoms with E-state index in [1.54, 1.807) is 19.2 Å². The molecule has 128 valence electrons. The quantitative estimate of drug-likeness (QED) is 0.681. The molecule has 0 fully saturated rings. The van der Waals surface area contributed by atoms with Crippen LogP contribution in [-0.2, 0) is 4.79 Å². The van der Waals surface area contributed by atoms with Gasteiger partial charge in [0.15, 0.2) is 0 Å². The lowest BCUT2D eigenvalue weighted by Gasteiger charge is -2.07. The van der Waals surface area contributed by atoms with E-state index < -0.39 is 5.82 Å². The summed E-state index contributed by atoms with van der Waals surface area (Å²) in [5.74, 6) is 0.0666. The number of anilines is 1. The zero-order valence-electron chi connectivity index (χ0n) is 13.2.